The lowest BCUT2D eigenvalue weighted by Crippen LogP contribution is -2.49. The zero-order valence-corrected chi connectivity index (χ0v) is 14.8. The number of ether oxygens (including phenoxy) is 1. The maximum Gasteiger partial charge on any atom is 0.256 e. The van der Waals surface area contributed by atoms with Crippen molar-refractivity contribution in [2.24, 2.45) is 0 Å². The highest BCUT2D eigenvalue weighted by molar-refractivity contribution is 6.30. The average Bonchev–Trinajstić information content (AvgIpc) is 2.61. The van der Waals surface area contributed by atoms with E-state index in [0.717, 1.165) is 11.8 Å². The van der Waals surface area contributed by atoms with Crippen molar-refractivity contribution in [1.82, 2.24) is 14.9 Å². The van der Waals surface area contributed by atoms with E-state index in [2.05, 4.69) is 9.97 Å². The van der Waals surface area contributed by atoms with Crippen LogP contribution in [0.5, 0.6) is 5.88 Å². The Morgan fingerprint density at radius 3 is 2.56 bits per heavy atom. The maximum atomic E-state index is 13.9. The van der Waals surface area contributed by atoms with Crippen molar-refractivity contribution < 1.29 is 13.9 Å². The van der Waals surface area contributed by atoms with Gasteiger partial charge in [-0.1, -0.05) is 11.6 Å². The number of nitrogens with zero attached hydrogens (tertiary/aromatic N) is 4. The van der Waals surface area contributed by atoms with E-state index in [1.807, 2.05) is 11.8 Å². The normalized spacial score (nSPS) is 14.6. The van der Waals surface area contributed by atoms with Crippen molar-refractivity contribution in [3.8, 4) is 5.88 Å². The van der Waals surface area contributed by atoms with Crippen molar-refractivity contribution in [2.45, 2.75) is 6.92 Å². The van der Waals surface area contributed by atoms with Crippen LogP contribution in [0, 0.1) is 12.7 Å². The van der Waals surface area contributed by atoms with Crippen LogP contribution in [-0.4, -0.2) is 54.1 Å². The zero-order chi connectivity index (χ0) is 18.0. The number of hydrogen-bond donors (Lipinski definition) is 0. The van der Waals surface area contributed by atoms with E-state index in [9.17, 15) is 9.18 Å². The van der Waals surface area contributed by atoms with E-state index in [0.29, 0.717) is 38.0 Å². The Balaban J connectivity index is 1.69. The fraction of sp³-hybridized carbons (Fsp3) is 0.353. The molecule has 0 bridgehead atoms. The minimum Gasteiger partial charge on any atom is -0.481 e. The monoisotopic (exact) mass is 364 g/mol. The molecule has 132 valence electrons. The molecule has 8 heteroatoms. The van der Waals surface area contributed by atoms with Crippen LogP contribution in [-0.2, 0) is 0 Å². The fourth-order valence-corrected chi connectivity index (χ4v) is 2.87. The third-order valence-electron chi connectivity index (χ3n) is 4.04. The highest BCUT2D eigenvalue weighted by Crippen LogP contribution is 2.20. The number of aryl methyl sites for hydroxylation is 1. The molecule has 1 aromatic heterocycles. The highest BCUT2D eigenvalue weighted by atomic mass is 35.5. The van der Waals surface area contributed by atoms with Crippen LogP contribution in [0.2, 0.25) is 5.02 Å². The molecule has 1 aliphatic rings. The second-order valence-electron chi connectivity index (χ2n) is 5.76. The summed E-state index contributed by atoms with van der Waals surface area (Å²) in [6.07, 6.45) is 0. The SMILES string of the molecule is COc1cc(C)nc(N2CCN(C(=O)c3ccc(Cl)cc3F)CC2)n1. The van der Waals surface area contributed by atoms with Gasteiger partial charge in [0.05, 0.1) is 12.7 Å². The Hall–Kier alpha value is -2.41. The summed E-state index contributed by atoms with van der Waals surface area (Å²) in [5, 5.41) is 0.268. The van der Waals surface area contributed by atoms with Gasteiger partial charge in [0, 0.05) is 43.0 Å². The lowest BCUT2D eigenvalue weighted by atomic mass is 10.1. The molecule has 2 aromatic rings. The average molecular weight is 365 g/mol. The van der Waals surface area contributed by atoms with Crippen LogP contribution < -0.4 is 9.64 Å². The van der Waals surface area contributed by atoms with Crippen LogP contribution in [0.4, 0.5) is 10.3 Å². The minimum absolute atomic E-state index is 0.0336. The van der Waals surface area contributed by atoms with Gasteiger partial charge in [0.1, 0.15) is 5.82 Å². The Kier molecular flexibility index (Phi) is 5.03. The van der Waals surface area contributed by atoms with E-state index >= 15 is 0 Å². The summed E-state index contributed by atoms with van der Waals surface area (Å²) in [5.74, 6) is 0.133. The molecule has 0 unspecified atom stereocenters. The predicted octanol–water partition coefficient (Wildman–Crippen LogP) is 2.55. The number of carbonyl (C=O) groups is 1. The van der Waals surface area contributed by atoms with E-state index in [1.54, 1.807) is 18.1 Å². The maximum absolute atomic E-state index is 13.9. The molecule has 1 saturated heterocycles. The van der Waals surface area contributed by atoms with Crippen molar-refractivity contribution >= 4 is 23.5 Å². The Labute approximate surface area is 150 Å². The summed E-state index contributed by atoms with van der Waals surface area (Å²) in [4.78, 5) is 24.9. The number of piperazine rings is 1. The third-order valence-corrected chi connectivity index (χ3v) is 4.27. The van der Waals surface area contributed by atoms with E-state index < -0.39 is 5.82 Å². The van der Waals surface area contributed by atoms with Gasteiger partial charge in [-0.2, -0.15) is 4.98 Å². The van der Waals surface area contributed by atoms with Crippen LogP contribution in [0.1, 0.15) is 16.1 Å². The Morgan fingerprint density at radius 1 is 1.20 bits per heavy atom. The molecule has 0 radical (unpaired) electrons. The first kappa shape index (κ1) is 17.4. The summed E-state index contributed by atoms with van der Waals surface area (Å²) in [6, 6.07) is 5.84. The van der Waals surface area contributed by atoms with Gasteiger partial charge in [-0.25, -0.2) is 9.37 Å². The van der Waals surface area contributed by atoms with Crippen LogP contribution >= 0.6 is 11.6 Å². The molecular weight excluding hydrogens is 347 g/mol. The molecule has 1 aromatic carbocycles. The largest absolute Gasteiger partial charge is 0.481 e. The molecule has 0 N–H and O–H groups in total. The summed E-state index contributed by atoms with van der Waals surface area (Å²) in [6.45, 7) is 3.92. The molecule has 0 aliphatic carbocycles. The predicted molar refractivity (Wildman–Crippen MR) is 92.8 cm³/mol. The lowest BCUT2D eigenvalue weighted by molar-refractivity contribution is 0.0741. The first-order valence-electron chi connectivity index (χ1n) is 7.87. The number of amides is 1. The van der Waals surface area contributed by atoms with Gasteiger partial charge in [-0.05, 0) is 25.1 Å². The smallest absolute Gasteiger partial charge is 0.256 e. The lowest BCUT2D eigenvalue weighted by Gasteiger charge is -2.35. The van der Waals surface area contributed by atoms with Crippen molar-refractivity contribution in [1.29, 1.82) is 0 Å². The molecule has 1 amide bonds. The number of rotatable bonds is 3. The van der Waals surface area contributed by atoms with E-state index in [1.165, 1.54) is 12.1 Å². The van der Waals surface area contributed by atoms with Gasteiger partial charge in [0.2, 0.25) is 11.8 Å². The molecular formula is C17H18ClFN4O2. The van der Waals surface area contributed by atoms with Gasteiger partial charge < -0.3 is 14.5 Å². The summed E-state index contributed by atoms with van der Waals surface area (Å²) in [5.41, 5.74) is 0.843. The number of carbonyl (C=O) groups excluding carboxylic acids is 1. The second kappa shape index (κ2) is 7.23. The quantitative estimate of drug-likeness (QED) is 0.837. The van der Waals surface area contributed by atoms with Gasteiger partial charge in [0.25, 0.3) is 5.91 Å². The first-order chi connectivity index (χ1) is 12.0. The Morgan fingerprint density at radius 2 is 1.92 bits per heavy atom. The van der Waals surface area contributed by atoms with Crippen molar-refractivity contribution in [3.05, 3.63) is 46.4 Å². The summed E-state index contributed by atoms with van der Waals surface area (Å²) in [7, 11) is 1.56. The van der Waals surface area contributed by atoms with E-state index in [4.69, 9.17) is 16.3 Å². The van der Waals surface area contributed by atoms with Crippen LogP contribution in [0.3, 0.4) is 0 Å². The van der Waals surface area contributed by atoms with Crippen molar-refractivity contribution in [3.63, 3.8) is 0 Å². The van der Waals surface area contributed by atoms with Gasteiger partial charge >= 0.3 is 0 Å². The number of halogens is 2. The molecule has 3 rings (SSSR count). The topological polar surface area (TPSA) is 58.6 Å². The van der Waals surface area contributed by atoms with Gasteiger partial charge in [-0.3, -0.25) is 4.79 Å². The molecule has 0 atom stereocenters. The second-order valence-corrected chi connectivity index (χ2v) is 6.19. The summed E-state index contributed by atoms with van der Waals surface area (Å²) >= 11 is 5.74. The number of benzene rings is 1. The van der Waals surface area contributed by atoms with Crippen LogP contribution in [0.25, 0.3) is 0 Å². The van der Waals surface area contributed by atoms with E-state index in [-0.39, 0.29) is 16.5 Å². The van der Waals surface area contributed by atoms with Crippen molar-refractivity contribution in [2.75, 3.05) is 38.2 Å². The highest BCUT2D eigenvalue weighted by Gasteiger charge is 2.25. The molecule has 0 saturated carbocycles. The van der Waals surface area contributed by atoms with Gasteiger partial charge in [-0.15, -0.1) is 0 Å². The van der Waals surface area contributed by atoms with Crippen LogP contribution in [0.15, 0.2) is 24.3 Å². The standard InChI is InChI=1S/C17H18ClFN4O2/c1-11-9-15(25-2)21-17(20-11)23-7-5-22(6-8-23)16(24)13-4-3-12(18)10-14(13)19/h3-4,9-10H,5-8H2,1-2H3. The number of methoxy groups -OCH3 is 1. The fourth-order valence-electron chi connectivity index (χ4n) is 2.71. The molecule has 25 heavy (non-hydrogen) atoms. The van der Waals surface area contributed by atoms with Gasteiger partial charge in [0.15, 0.2) is 0 Å². The molecule has 6 nitrogen and oxygen atoms in total. The number of aromatic nitrogens is 2. The molecule has 0 spiro atoms. The number of anilines is 1. The zero-order valence-electron chi connectivity index (χ0n) is 14.0. The molecule has 2 heterocycles. The summed E-state index contributed by atoms with van der Waals surface area (Å²) < 4.78 is 19.1. The molecule has 1 aliphatic heterocycles. The minimum atomic E-state index is -0.605. The first-order valence-corrected chi connectivity index (χ1v) is 8.24. The Bertz CT molecular complexity index is 794. The molecule has 1 fully saturated rings. The third kappa shape index (κ3) is 3.82. The number of hydrogen-bond acceptors (Lipinski definition) is 5.